The third-order valence-electron chi connectivity index (χ3n) is 5.43. The summed E-state index contributed by atoms with van der Waals surface area (Å²) in [4.78, 5) is 35.4. The highest BCUT2D eigenvalue weighted by molar-refractivity contribution is 5.79. The Morgan fingerprint density at radius 2 is 1.72 bits per heavy atom. The van der Waals surface area contributed by atoms with Crippen LogP contribution in [0, 0.1) is 6.92 Å². The molecule has 0 unspecified atom stereocenters. The number of benzene rings is 1. The summed E-state index contributed by atoms with van der Waals surface area (Å²) in [6.07, 6.45) is 0.237. The topological polar surface area (TPSA) is 69.9 Å². The summed E-state index contributed by atoms with van der Waals surface area (Å²) >= 11 is 0. The zero-order chi connectivity index (χ0) is 20.8. The van der Waals surface area contributed by atoms with Crippen LogP contribution in [0.1, 0.15) is 25.3 Å². The first-order valence-electron chi connectivity index (χ1n) is 10.3. The number of amides is 2. The maximum atomic E-state index is 12.7. The molecule has 7 nitrogen and oxygen atoms in total. The van der Waals surface area contributed by atoms with Crippen LogP contribution < -0.4 is 0 Å². The molecule has 2 heterocycles. The fourth-order valence-corrected chi connectivity index (χ4v) is 3.57. The fourth-order valence-electron chi connectivity index (χ4n) is 3.57. The molecule has 1 aliphatic rings. The third kappa shape index (κ3) is 5.23. The van der Waals surface area contributed by atoms with Crippen LogP contribution in [0.5, 0.6) is 0 Å². The van der Waals surface area contributed by atoms with E-state index in [0.717, 1.165) is 18.7 Å². The molecule has 0 radical (unpaired) electrons. The van der Waals surface area contributed by atoms with Crippen LogP contribution in [0.2, 0.25) is 0 Å². The van der Waals surface area contributed by atoms with E-state index >= 15 is 0 Å². The molecular weight excluding hydrogens is 368 g/mol. The standard InChI is InChI=1S/C22H30N4O3/c1-4-25(5-2)21(28)16-24-11-13-26(14-12-24)20(27)15-19-17(3)29-22(23-19)18-9-7-6-8-10-18/h6-10H,4-5,11-16H2,1-3H3. The minimum Gasteiger partial charge on any atom is -0.441 e. The number of carbonyl (C=O) groups is 2. The van der Waals surface area contributed by atoms with Gasteiger partial charge in [0.15, 0.2) is 0 Å². The van der Waals surface area contributed by atoms with Crippen molar-refractivity contribution in [3.05, 3.63) is 41.8 Å². The van der Waals surface area contributed by atoms with Gasteiger partial charge in [0.05, 0.1) is 18.7 Å². The number of nitrogens with zero attached hydrogens (tertiary/aromatic N) is 4. The largest absolute Gasteiger partial charge is 0.441 e. The van der Waals surface area contributed by atoms with Gasteiger partial charge in [-0.15, -0.1) is 0 Å². The number of hydrogen-bond acceptors (Lipinski definition) is 5. The van der Waals surface area contributed by atoms with E-state index in [0.29, 0.717) is 50.1 Å². The van der Waals surface area contributed by atoms with Crippen LogP contribution in [-0.2, 0) is 16.0 Å². The molecule has 0 saturated carbocycles. The quantitative estimate of drug-likeness (QED) is 0.715. The number of rotatable bonds is 7. The van der Waals surface area contributed by atoms with E-state index in [1.165, 1.54) is 0 Å². The minimum atomic E-state index is 0.0516. The Balaban J connectivity index is 1.53. The first-order valence-corrected chi connectivity index (χ1v) is 10.3. The molecule has 7 heteroatoms. The number of hydrogen-bond donors (Lipinski definition) is 0. The van der Waals surface area contributed by atoms with Crippen molar-refractivity contribution >= 4 is 11.8 Å². The molecule has 156 valence electrons. The van der Waals surface area contributed by atoms with Crippen LogP contribution in [0.25, 0.3) is 11.5 Å². The van der Waals surface area contributed by atoms with Gasteiger partial charge in [-0.25, -0.2) is 4.98 Å². The summed E-state index contributed by atoms with van der Waals surface area (Å²) in [5.41, 5.74) is 1.59. The lowest BCUT2D eigenvalue weighted by molar-refractivity contribution is -0.134. The molecule has 1 aromatic heterocycles. The Labute approximate surface area is 172 Å². The second kappa shape index (κ2) is 9.69. The second-order valence-electron chi connectivity index (χ2n) is 7.29. The van der Waals surface area contributed by atoms with E-state index in [4.69, 9.17) is 4.42 Å². The van der Waals surface area contributed by atoms with Gasteiger partial charge in [-0.05, 0) is 32.9 Å². The summed E-state index contributed by atoms with van der Waals surface area (Å²) in [5, 5.41) is 0. The Bertz CT molecular complexity index is 822. The average Bonchev–Trinajstić information content (AvgIpc) is 3.10. The van der Waals surface area contributed by atoms with E-state index in [9.17, 15) is 9.59 Å². The molecule has 2 aromatic rings. The van der Waals surface area contributed by atoms with E-state index in [1.807, 2.05) is 60.9 Å². The van der Waals surface area contributed by atoms with Crippen LogP contribution in [-0.4, -0.2) is 77.3 Å². The molecule has 0 N–H and O–H groups in total. The highest BCUT2D eigenvalue weighted by Gasteiger charge is 2.25. The predicted molar refractivity (Wildman–Crippen MR) is 111 cm³/mol. The third-order valence-corrected chi connectivity index (χ3v) is 5.43. The zero-order valence-electron chi connectivity index (χ0n) is 17.6. The number of oxazole rings is 1. The van der Waals surface area contributed by atoms with Crippen molar-refractivity contribution in [2.24, 2.45) is 0 Å². The SMILES string of the molecule is CCN(CC)C(=O)CN1CCN(C(=O)Cc2nc(-c3ccccc3)oc2C)CC1. The molecule has 0 spiro atoms. The van der Waals surface area contributed by atoms with Crippen LogP contribution in [0.4, 0.5) is 0 Å². The molecule has 29 heavy (non-hydrogen) atoms. The maximum Gasteiger partial charge on any atom is 0.236 e. The summed E-state index contributed by atoms with van der Waals surface area (Å²) in [7, 11) is 0. The van der Waals surface area contributed by atoms with Crippen LogP contribution in [0.3, 0.4) is 0 Å². The molecule has 1 aromatic carbocycles. The van der Waals surface area contributed by atoms with Gasteiger partial charge in [-0.1, -0.05) is 18.2 Å². The van der Waals surface area contributed by atoms with Crippen molar-refractivity contribution in [1.29, 1.82) is 0 Å². The van der Waals surface area contributed by atoms with Crippen LogP contribution in [0.15, 0.2) is 34.7 Å². The number of likely N-dealkylation sites (N-methyl/N-ethyl adjacent to an activating group) is 1. The normalized spacial score (nSPS) is 14.8. The number of piperazine rings is 1. The molecule has 3 rings (SSSR count). The summed E-state index contributed by atoms with van der Waals surface area (Å²) in [5.74, 6) is 1.43. The Morgan fingerprint density at radius 1 is 1.07 bits per heavy atom. The molecule has 0 atom stereocenters. The Kier molecular flexibility index (Phi) is 7.04. The van der Waals surface area contributed by atoms with Crippen molar-refractivity contribution in [1.82, 2.24) is 19.7 Å². The molecule has 1 fully saturated rings. The molecule has 0 bridgehead atoms. The van der Waals surface area contributed by atoms with Crippen molar-refractivity contribution in [2.75, 3.05) is 45.8 Å². The van der Waals surface area contributed by atoms with E-state index < -0.39 is 0 Å². The van der Waals surface area contributed by atoms with Gasteiger partial charge < -0.3 is 14.2 Å². The minimum absolute atomic E-state index is 0.0516. The van der Waals surface area contributed by atoms with Gasteiger partial charge in [0.1, 0.15) is 5.76 Å². The van der Waals surface area contributed by atoms with Gasteiger partial charge in [0.2, 0.25) is 17.7 Å². The Morgan fingerprint density at radius 3 is 2.34 bits per heavy atom. The lowest BCUT2D eigenvalue weighted by Gasteiger charge is -2.35. The molecule has 2 amide bonds. The van der Waals surface area contributed by atoms with Gasteiger partial charge in [0.25, 0.3) is 0 Å². The van der Waals surface area contributed by atoms with Gasteiger partial charge >= 0.3 is 0 Å². The molecule has 0 aliphatic carbocycles. The highest BCUT2D eigenvalue weighted by Crippen LogP contribution is 2.22. The monoisotopic (exact) mass is 398 g/mol. The molecule has 1 saturated heterocycles. The summed E-state index contributed by atoms with van der Waals surface area (Å²) in [6, 6.07) is 9.69. The maximum absolute atomic E-state index is 12.7. The first-order chi connectivity index (χ1) is 14.0. The highest BCUT2D eigenvalue weighted by atomic mass is 16.4. The van der Waals surface area contributed by atoms with E-state index in [2.05, 4.69) is 9.88 Å². The van der Waals surface area contributed by atoms with Crippen molar-refractivity contribution in [2.45, 2.75) is 27.2 Å². The lowest BCUT2D eigenvalue weighted by Crippen LogP contribution is -2.51. The first kappa shape index (κ1) is 21.0. The van der Waals surface area contributed by atoms with E-state index in [-0.39, 0.29) is 18.2 Å². The van der Waals surface area contributed by atoms with Crippen molar-refractivity contribution in [3.8, 4) is 11.5 Å². The summed E-state index contributed by atoms with van der Waals surface area (Å²) in [6.45, 7) is 10.4. The summed E-state index contributed by atoms with van der Waals surface area (Å²) < 4.78 is 5.76. The number of carbonyl (C=O) groups excluding carboxylic acids is 2. The molecule has 1 aliphatic heterocycles. The molecular formula is C22H30N4O3. The smallest absolute Gasteiger partial charge is 0.236 e. The number of aryl methyl sites for hydroxylation is 1. The van der Waals surface area contributed by atoms with Gasteiger partial charge in [0, 0.05) is 44.8 Å². The zero-order valence-corrected chi connectivity index (χ0v) is 17.6. The average molecular weight is 399 g/mol. The van der Waals surface area contributed by atoms with E-state index in [1.54, 1.807) is 0 Å². The van der Waals surface area contributed by atoms with Crippen molar-refractivity contribution < 1.29 is 14.0 Å². The van der Waals surface area contributed by atoms with Gasteiger partial charge in [-0.2, -0.15) is 0 Å². The van der Waals surface area contributed by atoms with Crippen LogP contribution >= 0.6 is 0 Å². The van der Waals surface area contributed by atoms with Crippen molar-refractivity contribution in [3.63, 3.8) is 0 Å². The number of aromatic nitrogens is 1. The lowest BCUT2D eigenvalue weighted by atomic mass is 10.2. The van der Waals surface area contributed by atoms with Gasteiger partial charge in [-0.3, -0.25) is 14.5 Å². The second-order valence-corrected chi connectivity index (χ2v) is 7.29. The fraction of sp³-hybridized carbons (Fsp3) is 0.500. The predicted octanol–water partition coefficient (Wildman–Crippen LogP) is 2.21. The Hall–Kier alpha value is -2.67.